The van der Waals surface area contributed by atoms with Crippen molar-refractivity contribution in [2.24, 2.45) is 5.92 Å². The van der Waals surface area contributed by atoms with E-state index in [1.165, 1.54) is 12.1 Å². The second-order valence-corrected chi connectivity index (χ2v) is 7.41. The Labute approximate surface area is 163 Å². The monoisotopic (exact) mass is 394 g/mol. The molecular formula is C20H21Cl2FN2O. The van der Waals surface area contributed by atoms with Gasteiger partial charge in [-0.05, 0) is 55.8 Å². The van der Waals surface area contributed by atoms with Crippen LogP contribution in [-0.2, 0) is 17.9 Å². The Kier molecular flexibility index (Phi) is 6.52. The van der Waals surface area contributed by atoms with Crippen LogP contribution in [0.15, 0.2) is 42.5 Å². The predicted octanol–water partition coefficient (Wildman–Crippen LogP) is 4.66. The van der Waals surface area contributed by atoms with Gasteiger partial charge >= 0.3 is 0 Å². The molecule has 0 unspecified atom stereocenters. The van der Waals surface area contributed by atoms with Crippen molar-refractivity contribution in [3.63, 3.8) is 0 Å². The molecule has 1 fully saturated rings. The first-order valence-electron chi connectivity index (χ1n) is 8.70. The number of amides is 1. The summed E-state index contributed by atoms with van der Waals surface area (Å²) in [5, 5.41) is 4.30. The SMILES string of the molecule is O=C(NCc1ccc(F)cc1)C1CCN(Cc2c(Cl)cccc2Cl)CC1. The Morgan fingerprint density at radius 1 is 1.08 bits per heavy atom. The molecule has 0 bridgehead atoms. The van der Waals surface area contributed by atoms with Crippen molar-refractivity contribution >= 4 is 29.1 Å². The van der Waals surface area contributed by atoms with Gasteiger partial charge in [-0.25, -0.2) is 4.39 Å². The molecule has 1 amide bonds. The minimum Gasteiger partial charge on any atom is -0.352 e. The largest absolute Gasteiger partial charge is 0.352 e. The van der Waals surface area contributed by atoms with E-state index < -0.39 is 0 Å². The Balaban J connectivity index is 1.47. The van der Waals surface area contributed by atoms with Crippen LogP contribution in [0.25, 0.3) is 0 Å². The van der Waals surface area contributed by atoms with Gasteiger partial charge in [-0.2, -0.15) is 0 Å². The number of likely N-dealkylation sites (tertiary alicyclic amines) is 1. The number of nitrogens with one attached hydrogen (secondary N) is 1. The molecule has 138 valence electrons. The molecule has 1 heterocycles. The predicted molar refractivity (Wildman–Crippen MR) is 103 cm³/mol. The highest BCUT2D eigenvalue weighted by molar-refractivity contribution is 6.35. The fourth-order valence-electron chi connectivity index (χ4n) is 3.20. The van der Waals surface area contributed by atoms with Crippen LogP contribution in [0.3, 0.4) is 0 Å². The first kappa shape index (κ1) is 19.2. The van der Waals surface area contributed by atoms with Crippen molar-refractivity contribution < 1.29 is 9.18 Å². The van der Waals surface area contributed by atoms with Crippen molar-refractivity contribution in [3.8, 4) is 0 Å². The van der Waals surface area contributed by atoms with Gasteiger partial charge in [0.2, 0.25) is 5.91 Å². The van der Waals surface area contributed by atoms with Crippen molar-refractivity contribution in [1.29, 1.82) is 0 Å². The lowest BCUT2D eigenvalue weighted by atomic mass is 9.95. The van der Waals surface area contributed by atoms with Gasteiger partial charge in [0, 0.05) is 34.6 Å². The highest BCUT2D eigenvalue weighted by Crippen LogP contribution is 2.27. The molecule has 3 rings (SSSR count). The average molecular weight is 395 g/mol. The maximum Gasteiger partial charge on any atom is 0.223 e. The van der Waals surface area contributed by atoms with E-state index in [1.807, 2.05) is 18.2 Å². The number of piperidine rings is 1. The molecule has 0 saturated carbocycles. The van der Waals surface area contributed by atoms with Gasteiger partial charge in [-0.1, -0.05) is 41.4 Å². The van der Waals surface area contributed by atoms with Crippen LogP contribution in [-0.4, -0.2) is 23.9 Å². The highest BCUT2D eigenvalue weighted by Gasteiger charge is 2.25. The summed E-state index contributed by atoms with van der Waals surface area (Å²) in [6.07, 6.45) is 1.61. The summed E-state index contributed by atoms with van der Waals surface area (Å²) in [4.78, 5) is 14.6. The Morgan fingerprint density at radius 3 is 2.31 bits per heavy atom. The van der Waals surface area contributed by atoms with Crippen molar-refractivity contribution in [3.05, 3.63) is 69.5 Å². The average Bonchev–Trinajstić information content (AvgIpc) is 2.65. The Bertz CT molecular complexity index is 739. The van der Waals surface area contributed by atoms with Gasteiger partial charge in [-0.15, -0.1) is 0 Å². The third-order valence-corrected chi connectivity index (χ3v) is 5.49. The Morgan fingerprint density at radius 2 is 1.69 bits per heavy atom. The summed E-state index contributed by atoms with van der Waals surface area (Å²) in [5.41, 5.74) is 1.83. The fraction of sp³-hybridized carbons (Fsp3) is 0.350. The second kappa shape index (κ2) is 8.85. The summed E-state index contributed by atoms with van der Waals surface area (Å²) in [6.45, 7) is 2.78. The van der Waals surface area contributed by atoms with E-state index in [9.17, 15) is 9.18 Å². The van der Waals surface area contributed by atoms with E-state index in [0.717, 1.165) is 37.1 Å². The molecule has 3 nitrogen and oxygen atoms in total. The zero-order valence-corrected chi connectivity index (χ0v) is 15.9. The molecule has 0 aromatic heterocycles. The minimum absolute atomic E-state index is 0.00779. The van der Waals surface area contributed by atoms with E-state index in [0.29, 0.717) is 23.1 Å². The standard InChI is InChI=1S/C20H21Cl2FN2O/c21-18-2-1-3-19(22)17(18)13-25-10-8-15(9-11-25)20(26)24-12-14-4-6-16(23)7-5-14/h1-7,15H,8-13H2,(H,24,26). The summed E-state index contributed by atoms with van der Waals surface area (Å²) in [7, 11) is 0. The number of carbonyl (C=O) groups excluding carboxylic acids is 1. The van der Waals surface area contributed by atoms with E-state index >= 15 is 0 Å². The number of rotatable bonds is 5. The molecule has 1 saturated heterocycles. The molecule has 1 N–H and O–H groups in total. The quantitative estimate of drug-likeness (QED) is 0.799. The number of nitrogens with zero attached hydrogens (tertiary/aromatic N) is 1. The molecule has 2 aromatic carbocycles. The van der Waals surface area contributed by atoms with Crippen LogP contribution >= 0.6 is 23.2 Å². The van der Waals surface area contributed by atoms with Crippen molar-refractivity contribution in [2.75, 3.05) is 13.1 Å². The molecule has 0 atom stereocenters. The molecule has 6 heteroatoms. The van der Waals surface area contributed by atoms with E-state index in [1.54, 1.807) is 12.1 Å². The van der Waals surface area contributed by atoms with Crippen LogP contribution in [0.4, 0.5) is 4.39 Å². The fourth-order valence-corrected chi connectivity index (χ4v) is 3.71. The topological polar surface area (TPSA) is 32.3 Å². The van der Waals surface area contributed by atoms with Crippen LogP contribution < -0.4 is 5.32 Å². The summed E-state index contributed by atoms with van der Waals surface area (Å²) in [5.74, 6) is -0.204. The van der Waals surface area contributed by atoms with Gasteiger partial charge < -0.3 is 5.32 Å². The van der Waals surface area contributed by atoms with Gasteiger partial charge in [-0.3, -0.25) is 9.69 Å². The zero-order valence-electron chi connectivity index (χ0n) is 14.4. The number of hydrogen-bond donors (Lipinski definition) is 1. The van der Waals surface area contributed by atoms with Gasteiger partial charge in [0.1, 0.15) is 5.82 Å². The molecule has 0 aliphatic carbocycles. The summed E-state index contributed by atoms with van der Waals surface area (Å²) >= 11 is 12.5. The number of halogens is 3. The van der Waals surface area contributed by atoms with Crippen LogP contribution in [0.1, 0.15) is 24.0 Å². The molecule has 26 heavy (non-hydrogen) atoms. The molecule has 0 spiro atoms. The van der Waals surface area contributed by atoms with Crippen molar-refractivity contribution in [2.45, 2.75) is 25.9 Å². The van der Waals surface area contributed by atoms with Crippen LogP contribution in [0.5, 0.6) is 0 Å². The normalized spacial score (nSPS) is 15.8. The minimum atomic E-state index is -0.272. The van der Waals surface area contributed by atoms with Gasteiger partial charge in [0.15, 0.2) is 0 Å². The number of benzene rings is 2. The van der Waals surface area contributed by atoms with Crippen LogP contribution in [0, 0.1) is 11.7 Å². The van der Waals surface area contributed by atoms with Gasteiger partial charge in [0.25, 0.3) is 0 Å². The van der Waals surface area contributed by atoms with Crippen molar-refractivity contribution in [1.82, 2.24) is 10.2 Å². The first-order valence-corrected chi connectivity index (χ1v) is 9.46. The molecule has 0 radical (unpaired) electrons. The maximum atomic E-state index is 12.9. The third-order valence-electron chi connectivity index (χ3n) is 4.78. The van der Waals surface area contributed by atoms with E-state index in [4.69, 9.17) is 23.2 Å². The second-order valence-electron chi connectivity index (χ2n) is 6.59. The number of hydrogen-bond acceptors (Lipinski definition) is 2. The molecule has 2 aromatic rings. The highest BCUT2D eigenvalue weighted by atomic mass is 35.5. The first-order chi connectivity index (χ1) is 12.5. The van der Waals surface area contributed by atoms with Gasteiger partial charge in [0.05, 0.1) is 0 Å². The lowest BCUT2D eigenvalue weighted by Crippen LogP contribution is -2.40. The maximum absolute atomic E-state index is 12.9. The number of carbonyl (C=O) groups is 1. The summed E-state index contributed by atoms with van der Waals surface area (Å²) in [6, 6.07) is 11.7. The Hall–Kier alpha value is -1.62. The third kappa shape index (κ3) is 4.97. The molecular weight excluding hydrogens is 374 g/mol. The zero-order chi connectivity index (χ0) is 18.5. The van der Waals surface area contributed by atoms with E-state index in [2.05, 4.69) is 10.2 Å². The van der Waals surface area contributed by atoms with Crippen LogP contribution in [0.2, 0.25) is 10.0 Å². The lowest BCUT2D eigenvalue weighted by molar-refractivity contribution is -0.126. The molecule has 1 aliphatic heterocycles. The smallest absolute Gasteiger partial charge is 0.223 e. The molecule has 1 aliphatic rings. The van der Waals surface area contributed by atoms with E-state index in [-0.39, 0.29) is 17.6 Å². The summed E-state index contributed by atoms with van der Waals surface area (Å²) < 4.78 is 12.9. The lowest BCUT2D eigenvalue weighted by Gasteiger charge is -2.31.